The number of hydrogen-bond donors (Lipinski definition) is 1. The fourth-order valence-electron chi connectivity index (χ4n) is 4.00. The number of halogens is 7. The molecule has 0 aliphatic heterocycles. The molecule has 2 atom stereocenters. The smallest absolute Gasteiger partial charge is 0.416 e. The van der Waals surface area contributed by atoms with E-state index in [4.69, 9.17) is 39.5 Å². The summed E-state index contributed by atoms with van der Waals surface area (Å²) in [5.74, 6) is -1.56. The normalized spacial score (nSPS) is 13.3. The second kappa shape index (κ2) is 11.8. The number of ether oxygens (including phenoxy) is 1. The van der Waals surface area contributed by atoms with Crippen molar-refractivity contribution in [3.8, 4) is 16.9 Å². The predicted octanol–water partition coefficient (Wildman–Crippen LogP) is 5.59. The number of nitrogens with zero attached hydrogens (tertiary/aromatic N) is 5. The molecule has 0 saturated heterocycles. The molecule has 2 aromatic heterocycles. The number of carbonyl (C=O) groups is 1. The summed E-state index contributed by atoms with van der Waals surface area (Å²) in [7, 11) is 0. The number of benzene rings is 2. The Bertz CT molecular complexity index is 1650. The minimum absolute atomic E-state index is 0.0367. The van der Waals surface area contributed by atoms with E-state index in [-0.39, 0.29) is 38.8 Å². The zero-order chi connectivity index (χ0) is 30.2. The lowest BCUT2D eigenvalue weighted by molar-refractivity contribution is -0.207. The standard InChI is InChI=1S/C25H20Cl3F4N5O4/c1-12(41-13(2)38)23-33-20(34-37(23)18-9-16(27)7-8-17(18)29)11-36-22(28)21(14-3-5-15(26)6-4-14)35(24(36)40)10-19(39)25(30,31)32/h3-9,12,19,39H,10-11H2,1-2H3/t12-,19-/m0/s1. The molecule has 9 nitrogen and oxygen atoms in total. The zero-order valence-electron chi connectivity index (χ0n) is 21.2. The van der Waals surface area contributed by atoms with E-state index in [2.05, 4.69) is 10.1 Å². The Morgan fingerprint density at radius 1 is 1.07 bits per heavy atom. The highest BCUT2D eigenvalue weighted by Crippen LogP contribution is 2.31. The second-order valence-corrected chi connectivity index (χ2v) is 10.1. The maximum absolute atomic E-state index is 14.8. The highest BCUT2D eigenvalue weighted by atomic mass is 35.5. The van der Waals surface area contributed by atoms with E-state index in [1.807, 2.05) is 0 Å². The highest BCUT2D eigenvalue weighted by molar-refractivity contribution is 6.32. The van der Waals surface area contributed by atoms with Crippen molar-refractivity contribution in [1.82, 2.24) is 23.9 Å². The number of carbonyl (C=O) groups excluding carboxylic acids is 1. The lowest BCUT2D eigenvalue weighted by atomic mass is 10.1. The summed E-state index contributed by atoms with van der Waals surface area (Å²) in [6.45, 7) is 0.981. The van der Waals surface area contributed by atoms with Crippen LogP contribution in [0.25, 0.3) is 16.9 Å². The van der Waals surface area contributed by atoms with Gasteiger partial charge in [0, 0.05) is 22.5 Å². The third kappa shape index (κ3) is 6.58. The summed E-state index contributed by atoms with van der Waals surface area (Å²) in [6.07, 6.45) is -8.93. The van der Waals surface area contributed by atoms with Gasteiger partial charge in [-0.25, -0.2) is 18.9 Å². The molecule has 4 rings (SSSR count). The van der Waals surface area contributed by atoms with Gasteiger partial charge in [-0.1, -0.05) is 46.9 Å². The van der Waals surface area contributed by atoms with Crippen molar-refractivity contribution in [2.75, 3.05) is 0 Å². The fraction of sp³-hybridized carbons (Fsp3) is 0.280. The third-order valence-corrected chi connectivity index (χ3v) is 6.70. The third-order valence-electron chi connectivity index (χ3n) is 5.83. The molecule has 0 spiro atoms. The largest absolute Gasteiger partial charge is 0.455 e. The van der Waals surface area contributed by atoms with E-state index in [1.165, 1.54) is 43.3 Å². The van der Waals surface area contributed by atoms with E-state index in [1.54, 1.807) is 0 Å². The predicted molar refractivity (Wildman–Crippen MR) is 142 cm³/mol. The molecule has 0 saturated carbocycles. The number of esters is 1. The molecule has 16 heteroatoms. The van der Waals surface area contributed by atoms with E-state index in [0.29, 0.717) is 9.59 Å². The van der Waals surface area contributed by atoms with Crippen LogP contribution in [0, 0.1) is 5.82 Å². The minimum Gasteiger partial charge on any atom is -0.455 e. The number of aliphatic hydroxyl groups is 1. The maximum Gasteiger partial charge on any atom is 0.416 e. The summed E-state index contributed by atoms with van der Waals surface area (Å²) in [5, 5.41) is 14.2. The number of aliphatic hydroxyl groups excluding tert-OH is 1. The van der Waals surface area contributed by atoms with Crippen LogP contribution in [-0.2, 0) is 22.6 Å². The molecule has 0 radical (unpaired) electrons. The van der Waals surface area contributed by atoms with Crippen molar-refractivity contribution in [3.63, 3.8) is 0 Å². The van der Waals surface area contributed by atoms with Crippen LogP contribution in [0.5, 0.6) is 0 Å². The van der Waals surface area contributed by atoms with Crippen LogP contribution in [0.4, 0.5) is 17.6 Å². The van der Waals surface area contributed by atoms with E-state index in [9.17, 15) is 32.3 Å². The fourth-order valence-corrected chi connectivity index (χ4v) is 4.63. The van der Waals surface area contributed by atoms with Crippen LogP contribution in [0.3, 0.4) is 0 Å². The van der Waals surface area contributed by atoms with Gasteiger partial charge in [0.1, 0.15) is 16.7 Å². The Kier molecular flexibility index (Phi) is 8.83. The van der Waals surface area contributed by atoms with Crippen LogP contribution in [0.1, 0.15) is 31.6 Å². The summed E-state index contributed by atoms with van der Waals surface area (Å²) in [6, 6.07) is 9.44. The summed E-state index contributed by atoms with van der Waals surface area (Å²) in [4.78, 5) is 29.3. The van der Waals surface area contributed by atoms with Gasteiger partial charge in [-0.05, 0) is 37.3 Å². The van der Waals surface area contributed by atoms with Gasteiger partial charge in [0.15, 0.2) is 23.9 Å². The first-order valence-electron chi connectivity index (χ1n) is 11.7. The van der Waals surface area contributed by atoms with Crippen molar-refractivity contribution >= 4 is 40.8 Å². The first-order chi connectivity index (χ1) is 19.2. The van der Waals surface area contributed by atoms with E-state index < -0.39 is 49.0 Å². The van der Waals surface area contributed by atoms with Crippen molar-refractivity contribution in [3.05, 3.63) is 85.6 Å². The maximum atomic E-state index is 14.8. The molecule has 2 aromatic carbocycles. The van der Waals surface area contributed by atoms with Crippen molar-refractivity contribution in [2.24, 2.45) is 0 Å². The molecule has 0 aliphatic carbocycles. The number of hydrogen-bond acceptors (Lipinski definition) is 6. The molecule has 0 bridgehead atoms. The first kappa shape index (κ1) is 30.6. The molecule has 1 N–H and O–H groups in total. The van der Waals surface area contributed by atoms with Crippen molar-refractivity contribution in [2.45, 2.75) is 45.3 Å². The Labute approximate surface area is 244 Å². The van der Waals surface area contributed by atoms with Crippen LogP contribution in [0.2, 0.25) is 15.2 Å². The summed E-state index contributed by atoms with van der Waals surface area (Å²) < 4.78 is 62.2. The average Bonchev–Trinajstić information content (AvgIpc) is 3.40. The first-order valence-corrected chi connectivity index (χ1v) is 12.9. The molecule has 0 aliphatic rings. The minimum atomic E-state index is -5.02. The van der Waals surface area contributed by atoms with Gasteiger partial charge in [-0.15, -0.1) is 5.10 Å². The molecule has 218 valence electrons. The SMILES string of the molecule is CC(=O)O[C@@H](C)c1nc(Cn2c(Cl)c(-c3ccc(Cl)cc3)n(C[C@H](O)C(F)(F)F)c2=O)nn1-c1cc(Cl)ccc1F. The van der Waals surface area contributed by atoms with E-state index in [0.717, 1.165) is 22.2 Å². The number of alkyl halides is 3. The second-order valence-electron chi connectivity index (χ2n) is 8.83. The molecule has 0 fully saturated rings. The number of rotatable bonds is 8. The van der Waals surface area contributed by atoms with E-state index >= 15 is 0 Å². The van der Waals surface area contributed by atoms with Crippen LogP contribution in [-0.4, -0.2) is 47.3 Å². The van der Waals surface area contributed by atoms with Gasteiger partial charge in [-0.3, -0.25) is 13.9 Å². The van der Waals surface area contributed by atoms with Crippen LogP contribution < -0.4 is 5.69 Å². The van der Waals surface area contributed by atoms with Gasteiger partial charge in [-0.2, -0.15) is 13.2 Å². The summed E-state index contributed by atoms with van der Waals surface area (Å²) >= 11 is 18.5. The van der Waals surface area contributed by atoms with Crippen LogP contribution >= 0.6 is 34.8 Å². The Balaban J connectivity index is 1.86. The summed E-state index contributed by atoms with van der Waals surface area (Å²) in [5.41, 5.74) is -1.03. The Hall–Kier alpha value is -3.39. The quantitative estimate of drug-likeness (QED) is 0.200. The molecule has 0 unspecified atom stereocenters. The highest BCUT2D eigenvalue weighted by Gasteiger charge is 2.39. The molecule has 41 heavy (non-hydrogen) atoms. The van der Waals surface area contributed by atoms with Gasteiger partial charge < -0.3 is 9.84 Å². The van der Waals surface area contributed by atoms with Crippen molar-refractivity contribution < 1.29 is 32.2 Å². The monoisotopic (exact) mass is 635 g/mol. The van der Waals surface area contributed by atoms with Crippen LogP contribution in [0.15, 0.2) is 47.3 Å². The molecular weight excluding hydrogens is 617 g/mol. The Morgan fingerprint density at radius 3 is 2.32 bits per heavy atom. The van der Waals surface area contributed by atoms with Crippen molar-refractivity contribution in [1.29, 1.82) is 0 Å². The molecule has 4 aromatic rings. The molecular formula is C25H20Cl3F4N5O4. The molecule has 2 heterocycles. The molecule has 0 amide bonds. The number of imidazole rings is 1. The lowest BCUT2D eigenvalue weighted by Crippen LogP contribution is -2.37. The van der Waals surface area contributed by atoms with Gasteiger partial charge in [0.05, 0.1) is 18.8 Å². The lowest BCUT2D eigenvalue weighted by Gasteiger charge is -2.16. The zero-order valence-corrected chi connectivity index (χ0v) is 23.4. The topological polar surface area (TPSA) is 104 Å². The number of aromatic nitrogens is 5. The Morgan fingerprint density at radius 2 is 1.71 bits per heavy atom. The van der Waals surface area contributed by atoms with Gasteiger partial charge >= 0.3 is 17.8 Å². The van der Waals surface area contributed by atoms with Gasteiger partial charge in [0.2, 0.25) is 0 Å². The van der Waals surface area contributed by atoms with Gasteiger partial charge in [0.25, 0.3) is 0 Å². The average molecular weight is 637 g/mol.